The molecule has 2 aromatic heterocycles. The number of hydrogen-bond acceptors (Lipinski definition) is 5. The third kappa shape index (κ3) is 3.03. The molecule has 9 nitrogen and oxygen atoms in total. The highest BCUT2D eigenvalue weighted by atomic mass is 16.4. The van der Waals surface area contributed by atoms with Crippen LogP contribution in [0.3, 0.4) is 0 Å². The molecule has 2 heterocycles. The van der Waals surface area contributed by atoms with Crippen molar-refractivity contribution in [2.45, 2.75) is 0 Å². The highest BCUT2D eigenvalue weighted by molar-refractivity contribution is 5.99. The zero-order chi connectivity index (χ0) is 13.8. The number of carboxylic acids is 1. The molecule has 19 heavy (non-hydrogen) atoms. The van der Waals surface area contributed by atoms with Gasteiger partial charge in [-0.05, 0) is 6.07 Å². The fourth-order valence-corrected chi connectivity index (χ4v) is 1.30. The Kier molecular flexibility index (Phi) is 3.37. The monoisotopic (exact) mass is 262 g/mol. The molecule has 0 aromatic carbocycles. The summed E-state index contributed by atoms with van der Waals surface area (Å²) in [6.45, 7) is 0. The van der Waals surface area contributed by atoms with Gasteiger partial charge in [0, 0.05) is 13.2 Å². The molecule has 0 bridgehead atoms. The lowest BCUT2D eigenvalue weighted by Gasteiger charge is -2.06. The standard InChI is InChI=1S/C10H10N6O3/c1-16-9(12-5-13-16)15-10(19)14-7-2-6(8(17)18)3-11-4-7/h2-5H,1H3,(H,17,18)(H2,12,13,14,15,19). The van der Waals surface area contributed by atoms with E-state index >= 15 is 0 Å². The molecule has 0 radical (unpaired) electrons. The Hall–Kier alpha value is -2.97. The molecular weight excluding hydrogens is 252 g/mol. The minimum Gasteiger partial charge on any atom is -0.478 e. The van der Waals surface area contributed by atoms with Crippen molar-refractivity contribution in [3.8, 4) is 0 Å². The van der Waals surface area contributed by atoms with Gasteiger partial charge >= 0.3 is 12.0 Å². The van der Waals surface area contributed by atoms with E-state index in [2.05, 4.69) is 25.7 Å². The van der Waals surface area contributed by atoms with Crippen molar-refractivity contribution in [3.05, 3.63) is 30.4 Å². The molecule has 0 saturated carbocycles. The van der Waals surface area contributed by atoms with Crippen LogP contribution in [-0.2, 0) is 7.05 Å². The van der Waals surface area contributed by atoms with Gasteiger partial charge in [-0.25, -0.2) is 14.3 Å². The van der Waals surface area contributed by atoms with Crippen molar-refractivity contribution in [3.63, 3.8) is 0 Å². The number of anilines is 2. The van der Waals surface area contributed by atoms with Crippen molar-refractivity contribution in [2.24, 2.45) is 7.05 Å². The zero-order valence-electron chi connectivity index (χ0n) is 9.86. The second kappa shape index (κ2) is 5.12. The summed E-state index contributed by atoms with van der Waals surface area (Å²) in [5.74, 6) is -0.857. The predicted molar refractivity (Wildman–Crippen MR) is 64.8 cm³/mol. The molecule has 0 atom stereocenters. The Bertz CT molecular complexity index is 623. The predicted octanol–water partition coefficient (Wildman–Crippen LogP) is 0.552. The summed E-state index contributed by atoms with van der Waals surface area (Å²) in [4.78, 5) is 29.9. The maximum absolute atomic E-state index is 11.6. The van der Waals surface area contributed by atoms with Crippen LogP contribution in [0.15, 0.2) is 24.8 Å². The molecule has 2 rings (SSSR count). The largest absolute Gasteiger partial charge is 0.478 e. The quantitative estimate of drug-likeness (QED) is 0.742. The SMILES string of the molecule is Cn1ncnc1NC(=O)Nc1cncc(C(=O)O)c1. The van der Waals surface area contributed by atoms with Crippen molar-refractivity contribution in [1.29, 1.82) is 0 Å². The van der Waals surface area contributed by atoms with Gasteiger partial charge in [0.15, 0.2) is 0 Å². The van der Waals surface area contributed by atoms with Gasteiger partial charge in [-0.15, -0.1) is 0 Å². The highest BCUT2D eigenvalue weighted by Gasteiger charge is 2.09. The maximum Gasteiger partial charge on any atom is 0.337 e. The van der Waals surface area contributed by atoms with Crippen LogP contribution in [0, 0.1) is 0 Å². The first kappa shape index (κ1) is 12.5. The average molecular weight is 262 g/mol. The number of urea groups is 1. The van der Waals surface area contributed by atoms with E-state index in [1.54, 1.807) is 7.05 Å². The number of rotatable bonds is 3. The highest BCUT2D eigenvalue weighted by Crippen LogP contribution is 2.09. The molecule has 9 heteroatoms. The Morgan fingerprint density at radius 2 is 2.11 bits per heavy atom. The summed E-state index contributed by atoms with van der Waals surface area (Å²) in [7, 11) is 1.62. The first-order valence-electron chi connectivity index (χ1n) is 5.16. The van der Waals surface area contributed by atoms with E-state index in [1.165, 1.54) is 29.5 Å². The molecular formula is C10H10N6O3. The number of nitrogens with zero attached hydrogens (tertiary/aromatic N) is 4. The molecule has 3 N–H and O–H groups in total. The number of hydrogen-bond donors (Lipinski definition) is 3. The van der Waals surface area contributed by atoms with Gasteiger partial charge in [0.1, 0.15) is 6.33 Å². The van der Waals surface area contributed by atoms with Gasteiger partial charge in [0.25, 0.3) is 0 Å². The van der Waals surface area contributed by atoms with Crippen LogP contribution in [0.1, 0.15) is 10.4 Å². The Morgan fingerprint density at radius 1 is 1.32 bits per heavy atom. The van der Waals surface area contributed by atoms with E-state index < -0.39 is 12.0 Å². The lowest BCUT2D eigenvalue weighted by molar-refractivity contribution is 0.0696. The van der Waals surface area contributed by atoms with E-state index in [-0.39, 0.29) is 17.2 Å². The smallest absolute Gasteiger partial charge is 0.337 e. The first-order valence-corrected chi connectivity index (χ1v) is 5.16. The summed E-state index contributed by atoms with van der Waals surface area (Å²) in [5.41, 5.74) is 0.246. The topological polar surface area (TPSA) is 122 Å². The van der Waals surface area contributed by atoms with Crippen LogP contribution < -0.4 is 10.6 Å². The first-order chi connectivity index (χ1) is 9.06. The molecule has 2 aromatic rings. The molecule has 0 saturated heterocycles. The number of nitrogens with one attached hydrogen (secondary N) is 2. The normalized spacial score (nSPS) is 9.95. The fraction of sp³-hybridized carbons (Fsp3) is 0.100. The summed E-state index contributed by atoms with van der Waals surface area (Å²) in [6, 6.07) is 0.728. The Labute approximate surface area is 107 Å². The number of aryl methyl sites for hydroxylation is 1. The van der Waals surface area contributed by atoms with Crippen LogP contribution in [-0.4, -0.2) is 36.9 Å². The third-order valence-corrected chi connectivity index (χ3v) is 2.18. The van der Waals surface area contributed by atoms with E-state index in [4.69, 9.17) is 5.11 Å². The van der Waals surface area contributed by atoms with Crippen molar-refractivity contribution < 1.29 is 14.7 Å². The second-order valence-corrected chi connectivity index (χ2v) is 3.55. The number of amides is 2. The molecule has 0 spiro atoms. The molecule has 98 valence electrons. The van der Waals surface area contributed by atoms with E-state index in [0.29, 0.717) is 0 Å². The Balaban J connectivity index is 2.05. The van der Waals surface area contributed by atoms with Crippen molar-refractivity contribution >= 4 is 23.6 Å². The van der Waals surface area contributed by atoms with Gasteiger partial charge in [-0.2, -0.15) is 10.1 Å². The minimum atomic E-state index is -1.12. The van der Waals surface area contributed by atoms with Crippen molar-refractivity contribution in [1.82, 2.24) is 19.7 Å². The number of aromatic carboxylic acids is 1. The van der Waals surface area contributed by atoms with Crippen LogP contribution in [0.5, 0.6) is 0 Å². The van der Waals surface area contributed by atoms with Gasteiger partial charge in [-0.3, -0.25) is 10.3 Å². The maximum atomic E-state index is 11.6. The van der Waals surface area contributed by atoms with Crippen molar-refractivity contribution in [2.75, 3.05) is 10.6 Å². The number of pyridine rings is 1. The molecule has 0 aliphatic heterocycles. The number of aromatic nitrogens is 4. The van der Waals surface area contributed by atoms with Crippen LogP contribution in [0.25, 0.3) is 0 Å². The number of carbonyl (C=O) groups excluding carboxylic acids is 1. The lowest BCUT2D eigenvalue weighted by atomic mass is 10.3. The average Bonchev–Trinajstić information content (AvgIpc) is 2.75. The van der Waals surface area contributed by atoms with Crippen LogP contribution in [0.4, 0.5) is 16.4 Å². The summed E-state index contributed by atoms with van der Waals surface area (Å²) in [6.07, 6.45) is 3.82. The molecule has 0 unspecified atom stereocenters. The fourth-order valence-electron chi connectivity index (χ4n) is 1.30. The van der Waals surface area contributed by atoms with Gasteiger partial charge in [-0.1, -0.05) is 0 Å². The molecule has 2 amide bonds. The number of carboxylic acid groups (broad SMARTS) is 1. The lowest BCUT2D eigenvalue weighted by Crippen LogP contribution is -2.21. The van der Waals surface area contributed by atoms with E-state index in [1.807, 2.05) is 0 Å². The number of carbonyl (C=O) groups is 2. The van der Waals surface area contributed by atoms with Gasteiger partial charge in [0.2, 0.25) is 5.95 Å². The van der Waals surface area contributed by atoms with Crippen LogP contribution in [0.2, 0.25) is 0 Å². The van der Waals surface area contributed by atoms with E-state index in [9.17, 15) is 9.59 Å². The Morgan fingerprint density at radius 3 is 2.74 bits per heavy atom. The molecule has 0 aliphatic rings. The third-order valence-electron chi connectivity index (χ3n) is 2.18. The van der Waals surface area contributed by atoms with E-state index in [0.717, 1.165) is 0 Å². The summed E-state index contributed by atoms with van der Waals surface area (Å²) in [5, 5.41) is 17.5. The second-order valence-electron chi connectivity index (χ2n) is 3.55. The zero-order valence-corrected chi connectivity index (χ0v) is 9.86. The minimum absolute atomic E-state index is 0.0172. The summed E-state index contributed by atoms with van der Waals surface area (Å²) < 4.78 is 1.38. The molecule has 0 aliphatic carbocycles. The summed E-state index contributed by atoms with van der Waals surface area (Å²) >= 11 is 0. The van der Waals surface area contributed by atoms with Gasteiger partial charge < -0.3 is 10.4 Å². The molecule has 0 fully saturated rings. The van der Waals surface area contributed by atoms with Crippen LogP contribution >= 0.6 is 0 Å². The van der Waals surface area contributed by atoms with Gasteiger partial charge in [0.05, 0.1) is 17.4 Å².